The highest BCUT2D eigenvalue weighted by Crippen LogP contribution is 2.11. The van der Waals surface area contributed by atoms with E-state index in [1.165, 1.54) is 5.19 Å². The molecule has 0 N–H and O–H groups in total. The molecule has 0 aliphatic heterocycles. The summed E-state index contributed by atoms with van der Waals surface area (Å²) < 4.78 is 5.91. The predicted molar refractivity (Wildman–Crippen MR) is 60.0 cm³/mol. The lowest BCUT2D eigenvalue weighted by molar-refractivity contribution is 0.562. The average molecular weight is 196 g/mol. The summed E-state index contributed by atoms with van der Waals surface area (Å²) in [5.74, 6) is 1.10. The molecular formula is C9H16OSi2. The van der Waals surface area contributed by atoms with Crippen LogP contribution in [0.4, 0.5) is 0 Å². The van der Waals surface area contributed by atoms with Crippen LogP contribution in [-0.2, 0) is 0 Å². The van der Waals surface area contributed by atoms with Gasteiger partial charge in [-0.3, -0.25) is 0 Å². The highest BCUT2D eigenvalue weighted by Gasteiger charge is 2.16. The molecule has 0 atom stereocenters. The third kappa shape index (κ3) is 2.83. The lowest BCUT2D eigenvalue weighted by atomic mass is 10.3. The van der Waals surface area contributed by atoms with Gasteiger partial charge in [-0.25, -0.2) is 0 Å². The predicted octanol–water partition coefficient (Wildman–Crippen LogP) is 0.891. The second-order valence-corrected chi connectivity index (χ2v) is 9.49. The van der Waals surface area contributed by atoms with Crippen molar-refractivity contribution in [2.45, 2.75) is 19.6 Å². The number of para-hydroxylation sites is 1. The largest absolute Gasteiger partial charge is 0.544 e. The zero-order valence-electron chi connectivity index (χ0n) is 8.22. The molecular weight excluding hydrogens is 180 g/mol. The molecule has 0 heterocycles. The van der Waals surface area contributed by atoms with Crippen LogP contribution in [0.3, 0.4) is 0 Å². The zero-order chi connectivity index (χ0) is 9.19. The molecule has 1 aromatic rings. The quantitative estimate of drug-likeness (QED) is 0.639. The van der Waals surface area contributed by atoms with Gasteiger partial charge in [0.25, 0.3) is 0 Å². The smallest absolute Gasteiger partial charge is 0.242 e. The first-order valence-electron chi connectivity index (χ1n) is 4.24. The molecule has 0 spiro atoms. The van der Waals surface area contributed by atoms with Gasteiger partial charge in [-0.1, -0.05) is 18.2 Å². The molecule has 0 amide bonds. The Morgan fingerprint density at radius 3 is 2.25 bits per heavy atom. The van der Waals surface area contributed by atoms with E-state index in [4.69, 9.17) is 4.43 Å². The Morgan fingerprint density at radius 2 is 1.75 bits per heavy atom. The average Bonchev–Trinajstić information content (AvgIpc) is 1.91. The van der Waals surface area contributed by atoms with Crippen LogP contribution < -0.4 is 9.61 Å². The Kier molecular flexibility index (Phi) is 2.74. The molecule has 0 fully saturated rings. The van der Waals surface area contributed by atoms with Gasteiger partial charge in [0, 0.05) is 10.2 Å². The molecule has 0 unspecified atom stereocenters. The van der Waals surface area contributed by atoms with Crippen molar-refractivity contribution in [2.24, 2.45) is 0 Å². The Labute approximate surface area is 78.3 Å². The summed E-state index contributed by atoms with van der Waals surface area (Å²) in [6, 6.07) is 8.32. The minimum absolute atomic E-state index is 1.07. The van der Waals surface area contributed by atoms with Crippen LogP contribution in [0.15, 0.2) is 24.3 Å². The van der Waals surface area contributed by atoms with Gasteiger partial charge in [-0.05, 0) is 30.9 Å². The van der Waals surface area contributed by atoms with E-state index in [1.54, 1.807) is 0 Å². The van der Waals surface area contributed by atoms with E-state index in [1.807, 2.05) is 6.07 Å². The molecule has 1 rings (SSSR count). The standard InChI is InChI=1S/C9H16OSi2/c1-12(2,3)10-8-6-4-5-7-9(8)11/h4-7H,1-3,11H3. The molecule has 0 bridgehead atoms. The zero-order valence-corrected chi connectivity index (χ0v) is 11.2. The van der Waals surface area contributed by atoms with Crippen LogP contribution >= 0.6 is 0 Å². The maximum absolute atomic E-state index is 5.91. The fraction of sp³-hybridized carbons (Fsp3) is 0.333. The molecule has 3 heteroatoms. The van der Waals surface area contributed by atoms with Gasteiger partial charge in [0.15, 0.2) is 0 Å². The molecule has 0 aliphatic rings. The lowest BCUT2D eigenvalue weighted by Crippen LogP contribution is -2.31. The van der Waals surface area contributed by atoms with Crippen LogP contribution in [0, 0.1) is 0 Å². The highest BCUT2D eigenvalue weighted by atomic mass is 28.4. The van der Waals surface area contributed by atoms with Gasteiger partial charge in [0.1, 0.15) is 5.75 Å². The fourth-order valence-electron chi connectivity index (χ4n) is 1.00. The summed E-state index contributed by atoms with van der Waals surface area (Å²) in [4.78, 5) is 0. The number of hydrogen-bond donors (Lipinski definition) is 0. The van der Waals surface area contributed by atoms with Gasteiger partial charge in [0.05, 0.1) is 0 Å². The lowest BCUT2D eigenvalue weighted by Gasteiger charge is -2.20. The van der Waals surface area contributed by atoms with Crippen molar-refractivity contribution >= 4 is 23.7 Å². The molecule has 0 aliphatic carbocycles. The highest BCUT2D eigenvalue weighted by molar-refractivity contribution is 6.70. The first kappa shape index (κ1) is 9.54. The molecule has 1 nitrogen and oxygen atoms in total. The Balaban J connectivity index is 2.83. The normalized spacial score (nSPS) is 11.6. The van der Waals surface area contributed by atoms with E-state index >= 15 is 0 Å². The van der Waals surface area contributed by atoms with Gasteiger partial charge in [0.2, 0.25) is 8.32 Å². The number of rotatable bonds is 2. The Bertz CT molecular complexity index is 265. The van der Waals surface area contributed by atoms with Crippen LogP contribution in [0.1, 0.15) is 0 Å². The topological polar surface area (TPSA) is 9.23 Å². The maximum Gasteiger partial charge on any atom is 0.242 e. The SMILES string of the molecule is C[Si](C)(C)Oc1ccccc1[SiH3]. The summed E-state index contributed by atoms with van der Waals surface area (Å²) in [5, 5.41) is 1.36. The van der Waals surface area contributed by atoms with Crippen molar-refractivity contribution in [1.29, 1.82) is 0 Å². The first-order chi connectivity index (χ1) is 5.49. The monoisotopic (exact) mass is 196 g/mol. The van der Waals surface area contributed by atoms with Crippen molar-refractivity contribution in [3.8, 4) is 5.75 Å². The summed E-state index contributed by atoms with van der Waals surface area (Å²) in [7, 11) is -0.341. The van der Waals surface area contributed by atoms with E-state index in [0.29, 0.717) is 0 Å². The van der Waals surface area contributed by atoms with E-state index in [0.717, 1.165) is 16.0 Å². The molecule has 12 heavy (non-hydrogen) atoms. The van der Waals surface area contributed by atoms with Gasteiger partial charge in [-0.15, -0.1) is 0 Å². The second kappa shape index (κ2) is 3.45. The van der Waals surface area contributed by atoms with Crippen LogP contribution in [-0.4, -0.2) is 18.6 Å². The van der Waals surface area contributed by atoms with E-state index in [-0.39, 0.29) is 0 Å². The Hall–Kier alpha value is -0.546. The summed E-state index contributed by atoms with van der Waals surface area (Å²) in [5.41, 5.74) is 0. The van der Waals surface area contributed by atoms with Crippen molar-refractivity contribution in [3.05, 3.63) is 24.3 Å². The minimum atomic E-state index is -1.41. The number of benzene rings is 1. The summed E-state index contributed by atoms with van der Waals surface area (Å²) in [6.45, 7) is 6.63. The summed E-state index contributed by atoms with van der Waals surface area (Å²) >= 11 is 0. The van der Waals surface area contributed by atoms with Crippen molar-refractivity contribution in [3.63, 3.8) is 0 Å². The second-order valence-electron chi connectivity index (χ2n) is 3.98. The molecule has 0 radical (unpaired) electrons. The Morgan fingerprint density at radius 1 is 1.17 bits per heavy atom. The van der Waals surface area contributed by atoms with Crippen LogP contribution in [0.2, 0.25) is 19.6 Å². The first-order valence-corrected chi connectivity index (χ1v) is 8.64. The third-order valence-corrected chi connectivity index (χ3v) is 3.17. The maximum atomic E-state index is 5.91. The third-order valence-electron chi connectivity index (χ3n) is 1.51. The van der Waals surface area contributed by atoms with E-state index in [2.05, 4.69) is 37.8 Å². The van der Waals surface area contributed by atoms with Crippen molar-refractivity contribution < 1.29 is 4.43 Å². The molecule has 66 valence electrons. The summed E-state index contributed by atoms with van der Waals surface area (Å²) in [6.07, 6.45) is 0. The van der Waals surface area contributed by atoms with E-state index < -0.39 is 8.32 Å². The van der Waals surface area contributed by atoms with Gasteiger partial charge < -0.3 is 4.43 Å². The molecule has 0 saturated carbocycles. The molecule has 1 aromatic carbocycles. The van der Waals surface area contributed by atoms with Crippen molar-refractivity contribution in [2.75, 3.05) is 0 Å². The minimum Gasteiger partial charge on any atom is -0.544 e. The molecule has 0 aromatic heterocycles. The van der Waals surface area contributed by atoms with Crippen molar-refractivity contribution in [1.82, 2.24) is 0 Å². The number of hydrogen-bond acceptors (Lipinski definition) is 1. The van der Waals surface area contributed by atoms with Gasteiger partial charge in [-0.2, -0.15) is 0 Å². The van der Waals surface area contributed by atoms with Crippen LogP contribution in [0.5, 0.6) is 5.75 Å². The molecule has 0 saturated heterocycles. The fourth-order valence-corrected chi connectivity index (χ4v) is 2.55. The van der Waals surface area contributed by atoms with E-state index in [9.17, 15) is 0 Å². The van der Waals surface area contributed by atoms with Gasteiger partial charge >= 0.3 is 0 Å². The van der Waals surface area contributed by atoms with Crippen LogP contribution in [0.25, 0.3) is 0 Å².